The van der Waals surface area contributed by atoms with Crippen molar-refractivity contribution < 1.29 is 4.79 Å². The van der Waals surface area contributed by atoms with Gasteiger partial charge in [0, 0.05) is 49.7 Å². The largest absolute Gasteiger partial charge is 0.369 e. The smallest absolute Gasteiger partial charge is 0.258 e. The van der Waals surface area contributed by atoms with Crippen molar-refractivity contribution in [3.8, 4) is 0 Å². The zero-order valence-corrected chi connectivity index (χ0v) is 20.3. The van der Waals surface area contributed by atoms with Gasteiger partial charge in [-0.15, -0.1) is 0 Å². The molecule has 0 bridgehead atoms. The second-order valence-electron chi connectivity index (χ2n) is 8.73. The van der Waals surface area contributed by atoms with Crippen molar-refractivity contribution in [2.75, 3.05) is 36.4 Å². The predicted molar refractivity (Wildman–Crippen MR) is 148 cm³/mol. The quantitative estimate of drug-likeness (QED) is 0.380. The Hall–Kier alpha value is -3.74. The van der Waals surface area contributed by atoms with Crippen LogP contribution in [0.2, 0.25) is 0 Å². The number of amides is 1. The van der Waals surface area contributed by atoms with Crippen molar-refractivity contribution in [2.45, 2.75) is 6.54 Å². The standard InChI is InChI=1S/C29H28N4OS/c34-28(27-12-6-10-23-9-4-5-11-26(23)27)31-29(35)30-24-13-15-25(16-14-24)33-19-17-32(18-20-33)21-22-7-2-1-3-8-22/h1-16H,17-21H2,(H2,30,31,34,35). The van der Waals surface area contributed by atoms with Gasteiger partial charge in [0.05, 0.1) is 0 Å². The van der Waals surface area contributed by atoms with Crippen LogP contribution in [0.3, 0.4) is 0 Å². The van der Waals surface area contributed by atoms with E-state index in [9.17, 15) is 4.79 Å². The van der Waals surface area contributed by atoms with Crippen LogP contribution in [0.5, 0.6) is 0 Å². The van der Waals surface area contributed by atoms with Crippen LogP contribution in [0.15, 0.2) is 97.1 Å². The molecule has 0 spiro atoms. The third-order valence-electron chi connectivity index (χ3n) is 6.37. The first-order chi connectivity index (χ1) is 17.2. The molecule has 5 rings (SSSR count). The molecule has 0 unspecified atom stereocenters. The summed E-state index contributed by atoms with van der Waals surface area (Å²) in [6, 6.07) is 32.4. The van der Waals surface area contributed by atoms with Gasteiger partial charge in [-0.05, 0) is 58.9 Å². The fourth-order valence-electron chi connectivity index (χ4n) is 4.52. The number of fused-ring (bicyclic) bond motifs is 1. The molecule has 1 heterocycles. The lowest BCUT2D eigenvalue weighted by Gasteiger charge is -2.36. The van der Waals surface area contributed by atoms with E-state index < -0.39 is 0 Å². The van der Waals surface area contributed by atoms with Crippen molar-refractivity contribution >= 4 is 45.4 Å². The number of rotatable bonds is 5. The number of hydrogen-bond acceptors (Lipinski definition) is 4. The molecular formula is C29H28N4OS. The predicted octanol–water partition coefficient (Wildman–Crippen LogP) is 5.29. The second-order valence-corrected chi connectivity index (χ2v) is 9.14. The van der Waals surface area contributed by atoms with Crippen molar-refractivity contribution in [3.63, 3.8) is 0 Å². The lowest BCUT2D eigenvalue weighted by molar-refractivity contribution is 0.0979. The maximum absolute atomic E-state index is 12.8. The third-order valence-corrected chi connectivity index (χ3v) is 6.58. The Balaban J connectivity index is 1.14. The molecule has 1 fully saturated rings. The summed E-state index contributed by atoms with van der Waals surface area (Å²) in [5, 5.41) is 8.15. The van der Waals surface area contributed by atoms with E-state index >= 15 is 0 Å². The first kappa shape index (κ1) is 23.0. The van der Waals surface area contributed by atoms with E-state index in [-0.39, 0.29) is 11.0 Å². The monoisotopic (exact) mass is 480 g/mol. The Morgan fingerprint density at radius 1 is 0.771 bits per heavy atom. The minimum absolute atomic E-state index is 0.218. The molecule has 0 atom stereocenters. The highest BCUT2D eigenvalue weighted by atomic mass is 32.1. The Bertz CT molecular complexity index is 1310. The van der Waals surface area contributed by atoms with Crippen LogP contribution in [0.4, 0.5) is 11.4 Å². The van der Waals surface area contributed by atoms with E-state index in [0.717, 1.165) is 49.2 Å². The molecule has 4 aromatic rings. The lowest BCUT2D eigenvalue weighted by atomic mass is 10.0. The summed E-state index contributed by atoms with van der Waals surface area (Å²) < 4.78 is 0. The molecule has 0 aliphatic carbocycles. The third kappa shape index (κ3) is 5.67. The highest BCUT2D eigenvalue weighted by molar-refractivity contribution is 7.80. The number of carbonyl (C=O) groups is 1. The topological polar surface area (TPSA) is 47.6 Å². The maximum Gasteiger partial charge on any atom is 0.258 e. The van der Waals surface area contributed by atoms with Gasteiger partial charge in [-0.2, -0.15) is 0 Å². The summed E-state index contributed by atoms with van der Waals surface area (Å²) in [5.74, 6) is -0.218. The number of nitrogens with one attached hydrogen (secondary N) is 2. The number of thiocarbonyl (C=S) groups is 1. The zero-order valence-electron chi connectivity index (χ0n) is 19.5. The Morgan fingerprint density at radius 2 is 1.46 bits per heavy atom. The van der Waals surface area contributed by atoms with Crippen LogP contribution in [-0.2, 0) is 6.54 Å². The van der Waals surface area contributed by atoms with E-state index in [2.05, 4.69) is 62.9 Å². The van der Waals surface area contributed by atoms with Gasteiger partial charge in [-0.3, -0.25) is 15.0 Å². The highest BCUT2D eigenvalue weighted by Gasteiger charge is 2.17. The van der Waals surface area contributed by atoms with Crippen LogP contribution >= 0.6 is 12.2 Å². The van der Waals surface area contributed by atoms with Crippen LogP contribution in [-0.4, -0.2) is 42.1 Å². The lowest BCUT2D eigenvalue weighted by Crippen LogP contribution is -2.45. The number of nitrogens with zero attached hydrogens (tertiary/aromatic N) is 2. The van der Waals surface area contributed by atoms with E-state index in [1.807, 2.05) is 54.6 Å². The number of benzene rings is 4. The van der Waals surface area contributed by atoms with Crippen LogP contribution in [0.1, 0.15) is 15.9 Å². The van der Waals surface area contributed by atoms with Gasteiger partial charge in [0.2, 0.25) is 0 Å². The van der Waals surface area contributed by atoms with Crippen molar-refractivity contribution in [1.82, 2.24) is 10.2 Å². The Labute approximate surface area is 211 Å². The SMILES string of the molecule is O=C(NC(=S)Nc1ccc(N2CCN(Cc3ccccc3)CC2)cc1)c1cccc2ccccc12. The number of anilines is 2. The van der Waals surface area contributed by atoms with Gasteiger partial charge >= 0.3 is 0 Å². The van der Waals surface area contributed by atoms with Gasteiger partial charge in [0.1, 0.15) is 0 Å². The van der Waals surface area contributed by atoms with E-state index in [1.165, 1.54) is 11.3 Å². The average molecular weight is 481 g/mol. The van der Waals surface area contributed by atoms with E-state index in [0.29, 0.717) is 5.56 Å². The van der Waals surface area contributed by atoms with Gasteiger partial charge < -0.3 is 10.2 Å². The minimum atomic E-state index is -0.218. The summed E-state index contributed by atoms with van der Waals surface area (Å²) in [6.07, 6.45) is 0. The second kappa shape index (κ2) is 10.7. The van der Waals surface area contributed by atoms with Crippen molar-refractivity contribution in [2.24, 2.45) is 0 Å². The molecule has 0 saturated carbocycles. The molecule has 2 N–H and O–H groups in total. The molecule has 6 heteroatoms. The summed E-state index contributed by atoms with van der Waals surface area (Å²) in [7, 11) is 0. The molecule has 0 aromatic heterocycles. The normalized spacial score (nSPS) is 14.0. The zero-order chi connectivity index (χ0) is 24.0. The number of carbonyl (C=O) groups excluding carboxylic acids is 1. The van der Waals surface area contributed by atoms with Crippen LogP contribution in [0, 0.1) is 0 Å². The molecule has 1 aliphatic rings. The molecule has 1 aliphatic heterocycles. The molecule has 4 aromatic carbocycles. The van der Waals surface area contributed by atoms with Crippen molar-refractivity contribution in [3.05, 3.63) is 108 Å². The fourth-order valence-corrected chi connectivity index (χ4v) is 4.73. The molecule has 35 heavy (non-hydrogen) atoms. The highest BCUT2D eigenvalue weighted by Crippen LogP contribution is 2.21. The summed E-state index contributed by atoms with van der Waals surface area (Å²) in [6.45, 7) is 5.08. The number of hydrogen-bond donors (Lipinski definition) is 2. The maximum atomic E-state index is 12.8. The van der Waals surface area contributed by atoms with E-state index in [4.69, 9.17) is 12.2 Å². The van der Waals surface area contributed by atoms with Gasteiger partial charge in [0.15, 0.2) is 5.11 Å². The summed E-state index contributed by atoms with van der Waals surface area (Å²) in [4.78, 5) is 17.7. The molecular weight excluding hydrogens is 452 g/mol. The minimum Gasteiger partial charge on any atom is -0.369 e. The average Bonchev–Trinajstić information content (AvgIpc) is 2.90. The Kier molecular flexibility index (Phi) is 7.02. The molecule has 176 valence electrons. The number of piperazine rings is 1. The molecule has 5 nitrogen and oxygen atoms in total. The molecule has 0 radical (unpaired) electrons. The summed E-state index contributed by atoms with van der Waals surface area (Å²) >= 11 is 5.40. The first-order valence-corrected chi connectivity index (χ1v) is 12.3. The van der Waals surface area contributed by atoms with Crippen molar-refractivity contribution in [1.29, 1.82) is 0 Å². The van der Waals surface area contributed by atoms with Gasteiger partial charge in [-0.25, -0.2) is 0 Å². The molecule has 1 amide bonds. The molecule has 1 saturated heterocycles. The van der Waals surface area contributed by atoms with Crippen LogP contribution in [0.25, 0.3) is 10.8 Å². The van der Waals surface area contributed by atoms with Gasteiger partial charge in [-0.1, -0.05) is 66.7 Å². The van der Waals surface area contributed by atoms with Gasteiger partial charge in [0.25, 0.3) is 5.91 Å². The fraction of sp³-hybridized carbons (Fsp3) is 0.172. The van der Waals surface area contributed by atoms with Crippen LogP contribution < -0.4 is 15.5 Å². The Morgan fingerprint density at radius 3 is 2.23 bits per heavy atom. The first-order valence-electron chi connectivity index (χ1n) is 11.9. The summed E-state index contributed by atoms with van der Waals surface area (Å²) in [5.41, 5.74) is 4.01. The van der Waals surface area contributed by atoms with E-state index in [1.54, 1.807) is 0 Å².